The minimum absolute atomic E-state index is 0.202. The summed E-state index contributed by atoms with van der Waals surface area (Å²) in [7, 11) is 0. The highest BCUT2D eigenvalue weighted by Gasteiger charge is 2.30. The SMILES string of the molecule is CC(O)C1CCN(C(CN)c2cccs2)C1. The molecule has 2 heterocycles. The second kappa shape index (κ2) is 5.27. The molecular formula is C12H20N2OS. The van der Waals surface area contributed by atoms with Crippen molar-refractivity contribution in [3.8, 4) is 0 Å². The van der Waals surface area contributed by atoms with Crippen LogP contribution in [-0.4, -0.2) is 35.7 Å². The third-order valence-corrected chi connectivity index (χ3v) is 4.45. The lowest BCUT2D eigenvalue weighted by Crippen LogP contribution is -2.32. The van der Waals surface area contributed by atoms with Gasteiger partial charge < -0.3 is 10.8 Å². The Hall–Kier alpha value is -0.420. The zero-order chi connectivity index (χ0) is 11.5. The summed E-state index contributed by atoms with van der Waals surface area (Å²) in [6.07, 6.45) is 0.881. The molecule has 3 N–H and O–H groups in total. The van der Waals surface area contributed by atoms with Gasteiger partial charge in [0.05, 0.1) is 12.1 Å². The lowest BCUT2D eigenvalue weighted by Gasteiger charge is -2.26. The van der Waals surface area contributed by atoms with E-state index in [1.807, 2.05) is 6.92 Å². The second-order valence-corrected chi connectivity index (χ2v) is 5.53. The molecule has 1 aliphatic heterocycles. The fourth-order valence-electron chi connectivity index (χ4n) is 2.42. The molecule has 0 amide bonds. The summed E-state index contributed by atoms with van der Waals surface area (Å²) in [5, 5.41) is 11.7. The van der Waals surface area contributed by atoms with E-state index in [9.17, 15) is 5.11 Å². The van der Waals surface area contributed by atoms with Gasteiger partial charge in [0.2, 0.25) is 0 Å². The van der Waals surface area contributed by atoms with Gasteiger partial charge in [-0.25, -0.2) is 0 Å². The van der Waals surface area contributed by atoms with Gasteiger partial charge in [0.1, 0.15) is 0 Å². The topological polar surface area (TPSA) is 49.5 Å². The van der Waals surface area contributed by atoms with Gasteiger partial charge >= 0.3 is 0 Å². The van der Waals surface area contributed by atoms with Crippen LogP contribution in [0.15, 0.2) is 17.5 Å². The molecule has 0 aromatic carbocycles. The normalized spacial score (nSPS) is 25.8. The van der Waals surface area contributed by atoms with Gasteiger partial charge in [0.15, 0.2) is 0 Å². The fraction of sp³-hybridized carbons (Fsp3) is 0.667. The standard InChI is InChI=1S/C12H20N2OS/c1-9(15)10-4-5-14(8-10)11(7-13)12-3-2-6-16-12/h2-3,6,9-11,15H,4-5,7-8,13H2,1H3. The zero-order valence-corrected chi connectivity index (χ0v) is 10.5. The summed E-state index contributed by atoms with van der Waals surface area (Å²) in [5.41, 5.74) is 5.87. The lowest BCUT2D eigenvalue weighted by atomic mass is 10.0. The minimum Gasteiger partial charge on any atom is -0.393 e. The van der Waals surface area contributed by atoms with E-state index in [4.69, 9.17) is 5.73 Å². The molecule has 3 atom stereocenters. The fourth-order valence-corrected chi connectivity index (χ4v) is 3.29. The van der Waals surface area contributed by atoms with Gasteiger partial charge in [-0.3, -0.25) is 4.90 Å². The third kappa shape index (κ3) is 2.46. The van der Waals surface area contributed by atoms with Crippen molar-refractivity contribution in [1.82, 2.24) is 4.90 Å². The number of nitrogens with zero attached hydrogens (tertiary/aromatic N) is 1. The molecule has 4 heteroatoms. The molecule has 3 nitrogen and oxygen atoms in total. The maximum Gasteiger partial charge on any atom is 0.0564 e. The van der Waals surface area contributed by atoms with Crippen LogP contribution in [0.5, 0.6) is 0 Å². The number of rotatable bonds is 4. The van der Waals surface area contributed by atoms with Gasteiger partial charge in [-0.15, -0.1) is 11.3 Å². The third-order valence-electron chi connectivity index (χ3n) is 3.47. The summed E-state index contributed by atoms with van der Waals surface area (Å²) in [4.78, 5) is 3.75. The summed E-state index contributed by atoms with van der Waals surface area (Å²) < 4.78 is 0. The molecule has 0 bridgehead atoms. The highest BCUT2D eigenvalue weighted by atomic mass is 32.1. The van der Waals surface area contributed by atoms with Gasteiger partial charge in [0.25, 0.3) is 0 Å². The van der Waals surface area contributed by atoms with E-state index >= 15 is 0 Å². The van der Waals surface area contributed by atoms with Crippen LogP contribution in [0.25, 0.3) is 0 Å². The molecule has 0 spiro atoms. The van der Waals surface area contributed by atoms with Crippen LogP contribution in [0.1, 0.15) is 24.3 Å². The van der Waals surface area contributed by atoms with Gasteiger partial charge in [-0.05, 0) is 37.3 Å². The Morgan fingerprint density at radius 3 is 3.00 bits per heavy atom. The van der Waals surface area contributed by atoms with Crippen LogP contribution in [0.4, 0.5) is 0 Å². The smallest absolute Gasteiger partial charge is 0.0564 e. The van der Waals surface area contributed by atoms with E-state index in [1.54, 1.807) is 11.3 Å². The quantitative estimate of drug-likeness (QED) is 0.837. The molecule has 1 aromatic heterocycles. The zero-order valence-electron chi connectivity index (χ0n) is 9.67. The average Bonchev–Trinajstić information content (AvgIpc) is 2.88. The predicted octanol–water partition coefficient (Wildman–Crippen LogP) is 1.45. The molecule has 1 aromatic rings. The van der Waals surface area contributed by atoms with Crippen LogP contribution < -0.4 is 5.73 Å². The Kier molecular flexibility index (Phi) is 3.97. The maximum absolute atomic E-state index is 9.60. The highest BCUT2D eigenvalue weighted by Crippen LogP contribution is 2.30. The molecular weight excluding hydrogens is 220 g/mol. The van der Waals surface area contributed by atoms with E-state index in [2.05, 4.69) is 22.4 Å². The maximum atomic E-state index is 9.60. The molecule has 90 valence electrons. The van der Waals surface area contributed by atoms with Crippen LogP contribution in [0, 0.1) is 5.92 Å². The molecule has 3 unspecified atom stereocenters. The first-order chi connectivity index (χ1) is 7.72. The number of hydrogen-bond donors (Lipinski definition) is 2. The number of likely N-dealkylation sites (tertiary alicyclic amines) is 1. The summed E-state index contributed by atoms with van der Waals surface area (Å²) >= 11 is 1.77. The molecule has 1 fully saturated rings. The molecule has 1 aliphatic rings. The summed E-state index contributed by atoms with van der Waals surface area (Å²) in [6, 6.07) is 4.56. The average molecular weight is 240 g/mol. The van der Waals surface area contributed by atoms with Crippen LogP contribution in [0.2, 0.25) is 0 Å². The Balaban J connectivity index is 2.02. The van der Waals surface area contributed by atoms with Gasteiger partial charge in [-0.1, -0.05) is 6.07 Å². The first-order valence-corrected chi connectivity index (χ1v) is 6.76. The van der Waals surface area contributed by atoms with Gasteiger partial charge in [-0.2, -0.15) is 0 Å². The van der Waals surface area contributed by atoms with Crippen LogP contribution in [-0.2, 0) is 0 Å². The number of aliphatic hydroxyl groups is 1. The van der Waals surface area contributed by atoms with E-state index in [0.717, 1.165) is 19.5 Å². The Morgan fingerprint density at radius 1 is 1.69 bits per heavy atom. The predicted molar refractivity (Wildman–Crippen MR) is 67.5 cm³/mol. The van der Waals surface area contributed by atoms with Crippen LogP contribution >= 0.6 is 11.3 Å². The van der Waals surface area contributed by atoms with Crippen molar-refractivity contribution in [3.63, 3.8) is 0 Å². The first-order valence-electron chi connectivity index (χ1n) is 5.88. The second-order valence-electron chi connectivity index (χ2n) is 4.55. The van der Waals surface area contributed by atoms with Crippen molar-refractivity contribution in [2.45, 2.75) is 25.5 Å². The van der Waals surface area contributed by atoms with Crippen molar-refractivity contribution in [2.24, 2.45) is 11.7 Å². The summed E-state index contributed by atoms with van der Waals surface area (Å²) in [5.74, 6) is 0.411. The summed E-state index contributed by atoms with van der Waals surface area (Å²) in [6.45, 7) is 4.57. The molecule has 0 aliphatic carbocycles. The van der Waals surface area contributed by atoms with E-state index < -0.39 is 0 Å². The number of thiophene rings is 1. The largest absolute Gasteiger partial charge is 0.393 e. The lowest BCUT2D eigenvalue weighted by molar-refractivity contribution is 0.122. The molecule has 0 radical (unpaired) electrons. The Labute approximate surface area is 101 Å². The van der Waals surface area contributed by atoms with E-state index in [1.165, 1.54) is 4.88 Å². The van der Waals surface area contributed by atoms with Crippen molar-refractivity contribution in [1.29, 1.82) is 0 Å². The van der Waals surface area contributed by atoms with Crippen LogP contribution in [0.3, 0.4) is 0 Å². The van der Waals surface area contributed by atoms with Gasteiger partial charge in [0, 0.05) is 18.0 Å². The monoisotopic (exact) mass is 240 g/mol. The minimum atomic E-state index is -0.202. The van der Waals surface area contributed by atoms with Crippen molar-refractivity contribution < 1.29 is 5.11 Å². The van der Waals surface area contributed by atoms with Crippen molar-refractivity contribution in [2.75, 3.05) is 19.6 Å². The number of hydrogen-bond acceptors (Lipinski definition) is 4. The number of aliphatic hydroxyl groups excluding tert-OH is 1. The van der Waals surface area contributed by atoms with Crippen molar-refractivity contribution in [3.05, 3.63) is 22.4 Å². The molecule has 1 saturated heterocycles. The molecule has 2 rings (SSSR count). The molecule has 0 saturated carbocycles. The van der Waals surface area contributed by atoms with Crippen molar-refractivity contribution >= 4 is 11.3 Å². The van der Waals surface area contributed by atoms with E-state index in [0.29, 0.717) is 18.5 Å². The molecule has 16 heavy (non-hydrogen) atoms. The van der Waals surface area contributed by atoms with E-state index in [-0.39, 0.29) is 6.10 Å². The Morgan fingerprint density at radius 2 is 2.50 bits per heavy atom. The number of nitrogens with two attached hydrogens (primary N) is 1. The Bertz CT molecular complexity index is 313. The highest BCUT2D eigenvalue weighted by molar-refractivity contribution is 7.10. The first kappa shape index (κ1) is 12.0.